The normalized spacial score (nSPS) is 24.1. The SMILES string of the molecule is Cc1cccc(NC(=O)NC(=O)C[NH+]2C[C@@H](C)C[C@H](C)C2)c1C. The van der Waals surface area contributed by atoms with E-state index in [0.29, 0.717) is 18.4 Å². The standard InChI is InChI=1S/C18H27N3O2/c1-12-8-13(2)10-21(9-12)11-17(22)20-18(23)19-16-7-5-6-14(3)15(16)4/h5-7,12-13H,8-11H2,1-4H3,(H2,19,20,22,23)/p+1/t12-,13-/m0/s1. The molecule has 0 radical (unpaired) electrons. The van der Waals surface area contributed by atoms with Crippen LogP contribution in [-0.4, -0.2) is 31.6 Å². The molecule has 5 heteroatoms. The summed E-state index contributed by atoms with van der Waals surface area (Å²) in [5, 5.41) is 5.20. The fourth-order valence-electron chi connectivity index (χ4n) is 3.50. The second-order valence-electron chi connectivity index (χ2n) is 7.03. The highest BCUT2D eigenvalue weighted by Gasteiger charge is 2.27. The summed E-state index contributed by atoms with van der Waals surface area (Å²) in [6.07, 6.45) is 1.22. The van der Waals surface area contributed by atoms with E-state index in [1.165, 1.54) is 11.3 Å². The van der Waals surface area contributed by atoms with E-state index in [0.717, 1.165) is 29.9 Å². The van der Waals surface area contributed by atoms with Crippen LogP contribution < -0.4 is 15.5 Å². The lowest BCUT2D eigenvalue weighted by Crippen LogP contribution is -3.15. The van der Waals surface area contributed by atoms with Gasteiger partial charge in [-0.25, -0.2) is 4.79 Å². The highest BCUT2D eigenvalue weighted by atomic mass is 16.2. The van der Waals surface area contributed by atoms with Gasteiger partial charge in [-0.1, -0.05) is 26.0 Å². The maximum atomic E-state index is 12.1. The summed E-state index contributed by atoms with van der Waals surface area (Å²) >= 11 is 0. The molecule has 1 heterocycles. The third-order valence-electron chi connectivity index (χ3n) is 4.60. The molecule has 23 heavy (non-hydrogen) atoms. The molecule has 0 aliphatic carbocycles. The van der Waals surface area contributed by atoms with Crippen LogP contribution in [-0.2, 0) is 4.79 Å². The van der Waals surface area contributed by atoms with Crippen molar-refractivity contribution in [1.29, 1.82) is 0 Å². The Morgan fingerprint density at radius 2 is 1.83 bits per heavy atom. The van der Waals surface area contributed by atoms with Crippen molar-refractivity contribution >= 4 is 17.6 Å². The van der Waals surface area contributed by atoms with Crippen LogP contribution in [0.25, 0.3) is 0 Å². The molecule has 2 rings (SSSR count). The molecular formula is C18H28N3O2+. The van der Waals surface area contributed by atoms with Gasteiger partial charge in [0.2, 0.25) is 0 Å². The summed E-state index contributed by atoms with van der Waals surface area (Å²) in [5.74, 6) is 1.04. The smallest absolute Gasteiger partial charge is 0.326 e. The Labute approximate surface area is 138 Å². The molecule has 1 aromatic carbocycles. The van der Waals surface area contributed by atoms with Gasteiger partial charge in [0.05, 0.1) is 13.1 Å². The Morgan fingerprint density at radius 1 is 1.17 bits per heavy atom. The van der Waals surface area contributed by atoms with E-state index in [1.807, 2.05) is 32.0 Å². The van der Waals surface area contributed by atoms with Crippen LogP contribution >= 0.6 is 0 Å². The Balaban J connectivity index is 1.85. The lowest BCUT2D eigenvalue weighted by atomic mass is 9.92. The van der Waals surface area contributed by atoms with Crippen molar-refractivity contribution in [3.63, 3.8) is 0 Å². The predicted octanol–water partition coefficient (Wildman–Crippen LogP) is 1.51. The molecule has 1 aliphatic rings. The molecule has 3 amide bonds. The minimum Gasteiger partial charge on any atom is -0.327 e. The first-order chi connectivity index (χ1) is 10.8. The van der Waals surface area contributed by atoms with Gasteiger partial charge in [0.1, 0.15) is 0 Å². The van der Waals surface area contributed by atoms with Crippen LogP contribution in [0.3, 0.4) is 0 Å². The molecule has 2 atom stereocenters. The summed E-state index contributed by atoms with van der Waals surface area (Å²) in [6.45, 7) is 10.7. The molecule has 5 nitrogen and oxygen atoms in total. The lowest BCUT2D eigenvalue weighted by Gasteiger charge is -2.31. The number of piperidine rings is 1. The molecule has 1 aliphatic heterocycles. The average Bonchev–Trinajstić information content (AvgIpc) is 2.42. The molecule has 1 fully saturated rings. The molecule has 0 aromatic heterocycles. The van der Waals surface area contributed by atoms with Crippen molar-refractivity contribution in [3.05, 3.63) is 29.3 Å². The Bertz CT molecular complexity index is 576. The number of likely N-dealkylation sites (tertiary alicyclic amines) is 1. The molecule has 3 N–H and O–H groups in total. The number of amides is 3. The number of rotatable bonds is 3. The number of hydrogen-bond acceptors (Lipinski definition) is 2. The van der Waals surface area contributed by atoms with Gasteiger partial charge in [-0.05, 0) is 37.5 Å². The van der Waals surface area contributed by atoms with Gasteiger partial charge in [0, 0.05) is 17.5 Å². The number of imide groups is 1. The number of aryl methyl sites for hydroxylation is 1. The van der Waals surface area contributed by atoms with Crippen molar-refractivity contribution in [1.82, 2.24) is 5.32 Å². The van der Waals surface area contributed by atoms with Gasteiger partial charge in [-0.2, -0.15) is 0 Å². The van der Waals surface area contributed by atoms with Crippen molar-refractivity contribution in [3.8, 4) is 0 Å². The summed E-state index contributed by atoms with van der Waals surface area (Å²) in [4.78, 5) is 25.3. The molecule has 126 valence electrons. The predicted molar refractivity (Wildman–Crippen MR) is 91.6 cm³/mol. The summed E-state index contributed by atoms with van der Waals surface area (Å²) in [6, 6.07) is 5.26. The van der Waals surface area contributed by atoms with E-state index in [4.69, 9.17) is 0 Å². The number of nitrogens with one attached hydrogen (secondary N) is 3. The van der Waals surface area contributed by atoms with Crippen molar-refractivity contribution in [2.45, 2.75) is 34.1 Å². The maximum absolute atomic E-state index is 12.1. The third kappa shape index (κ3) is 5.06. The van der Waals surface area contributed by atoms with Gasteiger partial charge in [-0.15, -0.1) is 0 Å². The first kappa shape index (κ1) is 17.5. The van der Waals surface area contributed by atoms with E-state index in [-0.39, 0.29) is 5.91 Å². The van der Waals surface area contributed by atoms with Gasteiger partial charge < -0.3 is 10.2 Å². The summed E-state index contributed by atoms with van der Waals surface area (Å²) in [5.41, 5.74) is 2.86. The summed E-state index contributed by atoms with van der Waals surface area (Å²) in [7, 11) is 0. The zero-order valence-electron chi connectivity index (χ0n) is 14.5. The Morgan fingerprint density at radius 3 is 2.48 bits per heavy atom. The van der Waals surface area contributed by atoms with Gasteiger partial charge in [-0.3, -0.25) is 10.1 Å². The summed E-state index contributed by atoms with van der Waals surface area (Å²) < 4.78 is 0. The average molecular weight is 318 g/mol. The molecule has 0 saturated carbocycles. The number of anilines is 1. The number of hydrogen-bond donors (Lipinski definition) is 3. The molecule has 0 spiro atoms. The van der Waals surface area contributed by atoms with E-state index in [1.54, 1.807) is 0 Å². The molecule has 1 aromatic rings. The van der Waals surface area contributed by atoms with Gasteiger partial charge >= 0.3 is 6.03 Å². The van der Waals surface area contributed by atoms with Crippen LogP contribution in [0.15, 0.2) is 18.2 Å². The zero-order chi connectivity index (χ0) is 17.0. The molecule has 1 saturated heterocycles. The van der Waals surface area contributed by atoms with Crippen LogP contribution in [0.4, 0.5) is 10.5 Å². The van der Waals surface area contributed by atoms with Crippen molar-refractivity contribution in [2.24, 2.45) is 11.8 Å². The van der Waals surface area contributed by atoms with E-state index in [2.05, 4.69) is 24.5 Å². The highest BCUT2D eigenvalue weighted by molar-refractivity contribution is 6.01. The largest absolute Gasteiger partial charge is 0.327 e. The van der Waals surface area contributed by atoms with Crippen LogP contribution in [0.5, 0.6) is 0 Å². The van der Waals surface area contributed by atoms with E-state index < -0.39 is 6.03 Å². The van der Waals surface area contributed by atoms with E-state index in [9.17, 15) is 9.59 Å². The third-order valence-corrected chi connectivity index (χ3v) is 4.60. The highest BCUT2D eigenvalue weighted by Crippen LogP contribution is 2.17. The quantitative estimate of drug-likeness (QED) is 0.791. The number of quaternary nitrogens is 1. The number of carbonyl (C=O) groups is 2. The Hall–Kier alpha value is -1.88. The number of benzene rings is 1. The first-order valence-corrected chi connectivity index (χ1v) is 8.35. The fourth-order valence-corrected chi connectivity index (χ4v) is 3.50. The van der Waals surface area contributed by atoms with Crippen LogP contribution in [0.2, 0.25) is 0 Å². The van der Waals surface area contributed by atoms with E-state index >= 15 is 0 Å². The van der Waals surface area contributed by atoms with Crippen molar-refractivity contribution < 1.29 is 14.5 Å². The second-order valence-corrected chi connectivity index (χ2v) is 7.03. The molecule has 0 unspecified atom stereocenters. The lowest BCUT2D eigenvalue weighted by molar-refractivity contribution is -0.904. The fraction of sp³-hybridized carbons (Fsp3) is 0.556. The van der Waals surface area contributed by atoms with Gasteiger partial charge in [0.25, 0.3) is 5.91 Å². The monoisotopic (exact) mass is 318 g/mol. The zero-order valence-corrected chi connectivity index (χ0v) is 14.5. The molecule has 0 bridgehead atoms. The van der Waals surface area contributed by atoms with Gasteiger partial charge in [0.15, 0.2) is 6.54 Å². The second kappa shape index (κ2) is 7.59. The minimum atomic E-state index is -0.457. The first-order valence-electron chi connectivity index (χ1n) is 8.35. The molecular weight excluding hydrogens is 290 g/mol. The van der Waals surface area contributed by atoms with Crippen LogP contribution in [0, 0.1) is 25.7 Å². The van der Waals surface area contributed by atoms with Crippen LogP contribution in [0.1, 0.15) is 31.4 Å². The Kier molecular flexibility index (Phi) is 5.77. The minimum absolute atomic E-state index is 0.218. The maximum Gasteiger partial charge on any atom is 0.326 e. The number of urea groups is 1. The van der Waals surface area contributed by atoms with Crippen molar-refractivity contribution in [2.75, 3.05) is 25.0 Å². The number of carbonyl (C=O) groups excluding carboxylic acids is 2. The topological polar surface area (TPSA) is 62.6 Å².